The molecule has 2 nitrogen and oxygen atoms in total. The Kier molecular flexibility index (Phi) is 2.94. The molecule has 0 saturated heterocycles. The molecule has 2 aromatic carbocycles. The lowest BCUT2D eigenvalue weighted by Crippen LogP contribution is -2.25. The molecule has 96 valence electrons. The number of rotatable bonds is 2. The molecular formula is C16H13BrO2. The second-order valence-corrected chi connectivity index (χ2v) is 6.05. The van der Waals surface area contributed by atoms with E-state index in [0.29, 0.717) is 6.42 Å². The second kappa shape index (κ2) is 4.49. The van der Waals surface area contributed by atoms with Crippen molar-refractivity contribution in [2.24, 2.45) is 0 Å². The molecule has 1 unspecified atom stereocenters. The second-order valence-electron chi connectivity index (χ2n) is 4.70. The Labute approximate surface area is 120 Å². The predicted octanol–water partition coefficient (Wildman–Crippen LogP) is 3.72. The molecule has 0 aromatic heterocycles. The molecule has 0 heterocycles. The molecular weight excluding hydrogens is 304 g/mol. The summed E-state index contributed by atoms with van der Waals surface area (Å²) in [5.74, 6) is 0.910. The van der Waals surface area contributed by atoms with Gasteiger partial charge in [0.2, 0.25) is 0 Å². The summed E-state index contributed by atoms with van der Waals surface area (Å²) in [6, 6.07) is 15.5. The number of alkyl halides is 1. The van der Waals surface area contributed by atoms with Crippen molar-refractivity contribution < 1.29 is 9.53 Å². The van der Waals surface area contributed by atoms with Gasteiger partial charge < -0.3 is 4.74 Å². The van der Waals surface area contributed by atoms with Crippen LogP contribution >= 0.6 is 15.9 Å². The number of ketones is 1. The number of methoxy groups -OCH3 is 1. The number of benzene rings is 2. The van der Waals surface area contributed by atoms with Crippen LogP contribution in [0.15, 0.2) is 48.5 Å². The molecule has 1 atom stereocenters. The highest BCUT2D eigenvalue weighted by molar-refractivity contribution is 9.10. The van der Waals surface area contributed by atoms with E-state index in [2.05, 4.69) is 15.9 Å². The number of Topliss-reactive ketones (excluding diaryl/α,β-unsaturated/α-hetero) is 1. The first-order chi connectivity index (χ1) is 9.15. The molecule has 3 heteroatoms. The van der Waals surface area contributed by atoms with Crippen molar-refractivity contribution in [1.29, 1.82) is 0 Å². The molecule has 0 bridgehead atoms. The maximum absolute atomic E-state index is 12.6. The van der Waals surface area contributed by atoms with Crippen LogP contribution in [0, 0.1) is 0 Å². The van der Waals surface area contributed by atoms with Gasteiger partial charge in [-0.05, 0) is 29.3 Å². The summed E-state index contributed by atoms with van der Waals surface area (Å²) in [4.78, 5) is 12.6. The third-order valence-electron chi connectivity index (χ3n) is 3.58. The first-order valence-corrected chi connectivity index (χ1v) is 6.90. The van der Waals surface area contributed by atoms with Crippen LogP contribution in [0.25, 0.3) is 0 Å². The number of fused-ring (bicyclic) bond motifs is 1. The van der Waals surface area contributed by atoms with E-state index < -0.39 is 4.32 Å². The molecule has 0 fully saturated rings. The highest BCUT2D eigenvalue weighted by Gasteiger charge is 2.44. The lowest BCUT2D eigenvalue weighted by atomic mass is 9.95. The van der Waals surface area contributed by atoms with Gasteiger partial charge in [0.25, 0.3) is 0 Å². The molecule has 0 amide bonds. The third-order valence-corrected chi connectivity index (χ3v) is 4.68. The minimum absolute atomic E-state index is 0.122. The van der Waals surface area contributed by atoms with Crippen molar-refractivity contribution in [1.82, 2.24) is 0 Å². The van der Waals surface area contributed by atoms with Crippen LogP contribution in [0.3, 0.4) is 0 Å². The van der Waals surface area contributed by atoms with Gasteiger partial charge in [-0.25, -0.2) is 0 Å². The Balaban J connectivity index is 2.08. The molecule has 0 radical (unpaired) electrons. The molecule has 2 aromatic rings. The van der Waals surface area contributed by atoms with Crippen LogP contribution in [0.1, 0.15) is 21.5 Å². The predicted molar refractivity (Wildman–Crippen MR) is 78.1 cm³/mol. The highest BCUT2D eigenvalue weighted by Crippen LogP contribution is 2.45. The van der Waals surface area contributed by atoms with Crippen molar-refractivity contribution in [3.05, 3.63) is 65.2 Å². The van der Waals surface area contributed by atoms with Crippen LogP contribution in [0.4, 0.5) is 0 Å². The summed E-state index contributed by atoms with van der Waals surface area (Å²) in [7, 11) is 1.64. The minimum Gasteiger partial charge on any atom is -0.497 e. The van der Waals surface area contributed by atoms with Crippen molar-refractivity contribution in [3.63, 3.8) is 0 Å². The number of carbonyl (C=O) groups is 1. The van der Waals surface area contributed by atoms with E-state index in [4.69, 9.17) is 4.74 Å². The largest absolute Gasteiger partial charge is 0.497 e. The van der Waals surface area contributed by atoms with Gasteiger partial charge in [-0.1, -0.05) is 46.3 Å². The monoisotopic (exact) mass is 316 g/mol. The Morgan fingerprint density at radius 2 is 1.89 bits per heavy atom. The van der Waals surface area contributed by atoms with Crippen molar-refractivity contribution >= 4 is 21.7 Å². The molecule has 0 N–H and O–H groups in total. The van der Waals surface area contributed by atoms with Gasteiger partial charge in [0.15, 0.2) is 5.78 Å². The minimum atomic E-state index is -0.636. The first kappa shape index (κ1) is 12.4. The summed E-state index contributed by atoms with van der Waals surface area (Å²) in [6.45, 7) is 0. The van der Waals surface area contributed by atoms with Crippen LogP contribution < -0.4 is 4.74 Å². The van der Waals surface area contributed by atoms with Crippen molar-refractivity contribution in [2.45, 2.75) is 10.7 Å². The molecule has 0 saturated carbocycles. The molecule has 3 rings (SSSR count). The smallest absolute Gasteiger partial charge is 0.184 e. The van der Waals surface area contributed by atoms with Crippen molar-refractivity contribution in [2.75, 3.05) is 7.11 Å². The van der Waals surface area contributed by atoms with E-state index in [0.717, 1.165) is 22.4 Å². The Bertz CT molecular complexity index is 636. The lowest BCUT2D eigenvalue weighted by Gasteiger charge is -2.20. The Hall–Kier alpha value is -1.61. The van der Waals surface area contributed by atoms with Crippen molar-refractivity contribution in [3.8, 4) is 5.75 Å². The van der Waals surface area contributed by atoms with Crippen LogP contribution in [-0.4, -0.2) is 12.9 Å². The van der Waals surface area contributed by atoms with E-state index in [9.17, 15) is 4.79 Å². The van der Waals surface area contributed by atoms with Crippen LogP contribution in [0.5, 0.6) is 5.75 Å². The molecule has 19 heavy (non-hydrogen) atoms. The van der Waals surface area contributed by atoms with Gasteiger partial charge in [0.05, 0.1) is 7.11 Å². The maximum Gasteiger partial charge on any atom is 0.184 e. The fourth-order valence-corrected chi connectivity index (χ4v) is 3.34. The topological polar surface area (TPSA) is 26.3 Å². The quantitative estimate of drug-likeness (QED) is 0.789. The van der Waals surface area contributed by atoms with E-state index in [1.807, 2.05) is 48.5 Å². The number of hydrogen-bond donors (Lipinski definition) is 0. The fourth-order valence-electron chi connectivity index (χ4n) is 2.56. The molecule has 0 spiro atoms. The zero-order chi connectivity index (χ0) is 13.5. The van der Waals surface area contributed by atoms with E-state index in [1.165, 1.54) is 0 Å². The van der Waals surface area contributed by atoms with Gasteiger partial charge >= 0.3 is 0 Å². The average Bonchev–Trinajstić information content (AvgIpc) is 2.72. The molecule has 0 aliphatic heterocycles. The maximum atomic E-state index is 12.6. The Morgan fingerprint density at radius 3 is 2.58 bits per heavy atom. The van der Waals surface area contributed by atoms with Gasteiger partial charge in [-0.2, -0.15) is 0 Å². The number of hydrogen-bond acceptors (Lipinski definition) is 2. The average molecular weight is 317 g/mol. The summed E-state index contributed by atoms with van der Waals surface area (Å²) >= 11 is 3.66. The third kappa shape index (κ3) is 1.89. The van der Waals surface area contributed by atoms with Gasteiger partial charge in [0, 0.05) is 12.0 Å². The molecule has 1 aliphatic carbocycles. The van der Waals surface area contributed by atoms with Gasteiger partial charge in [-0.15, -0.1) is 0 Å². The SMILES string of the molecule is COc1ccc2c(c1)CC(Br)(c1ccccc1)C2=O. The van der Waals surface area contributed by atoms with E-state index >= 15 is 0 Å². The molecule has 1 aliphatic rings. The summed E-state index contributed by atoms with van der Waals surface area (Å²) in [5, 5.41) is 0. The number of carbonyl (C=O) groups excluding carboxylic acids is 1. The standard InChI is InChI=1S/C16H13BrO2/c1-19-13-7-8-14-11(9-13)10-16(17,15(14)18)12-5-3-2-4-6-12/h2-9H,10H2,1H3. The number of ether oxygens (including phenoxy) is 1. The fraction of sp³-hybridized carbons (Fsp3) is 0.188. The zero-order valence-corrected chi connectivity index (χ0v) is 12.1. The van der Waals surface area contributed by atoms with Gasteiger partial charge in [-0.3, -0.25) is 4.79 Å². The first-order valence-electron chi connectivity index (χ1n) is 6.11. The van der Waals surface area contributed by atoms with E-state index in [-0.39, 0.29) is 5.78 Å². The zero-order valence-electron chi connectivity index (χ0n) is 10.5. The normalized spacial score (nSPS) is 21.3. The van der Waals surface area contributed by atoms with E-state index in [1.54, 1.807) is 7.11 Å². The Morgan fingerprint density at radius 1 is 1.16 bits per heavy atom. The summed E-state index contributed by atoms with van der Waals surface area (Å²) < 4.78 is 4.59. The van der Waals surface area contributed by atoms with Crippen LogP contribution in [-0.2, 0) is 10.7 Å². The summed E-state index contributed by atoms with van der Waals surface area (Å²) in [5.41, 5.74) is 2.81. The number of halogens is 1. The highest BCUT2D eigenvalue weighted by atomic mass is 79.9. The summed E-state index contributed by atoms with van der Waals surface area (Å²) in [6.07, 6.45) is 0.655. The van der Waals surface area contributed by atoms with Crippen LogP contribution in [0.2, 0.25) is 0 Å². The lowest BCUT2D eigenvalue weighted by molar-refractivity contribution is 0.0960. The van der Waals surface area contributed by atoms with Gasteiger partial charge in [0.1, 0.15) is 10.1 Å².